The molecule has 0 aliphatic heterocycles. The van der Waals surface area contributed by atoms with Gasteiger partial charge < -0.3 is 10.1 Å². The van der Waals surface area contributed by atoms with Crippen molar-refractivity contribution in [2.24, 2.45) is 7.05 Å². The van der Waals surface area contributed by atoms with Crippen LogP contribution in [-0.4, -0.2) is 22.6 Å². The fourth-order valence-electron chi connectivity index (χ4n) is 1.66. The van der Waals surface area contributed by atoms with Gasteiger partial charge >= 0.3 is 6.36 Å². The van der Waals surface area contributed by atoms with E-state index in [0.29, 0.717) is 11.1 Å². The number of ether oxygens (including phenoxy) is 1. The fraction of sp³-hybridized carbons (Fsp3) is 0.167. The standard InChI is InChI=1S/C12H10F3N3O2/c1-18-6-9(5-17-18)8-2-3-10(16-7-19)11(4-8)20-12(13,14)15/h2-7H,1H3,(H,16,19). The van der Waals surface area contributed by atoms with Crippen molar-refractivity contribution in [2.45, 2.75) is 6.36 Å². The summed E-state index contributed by atoms with van der Waals surface area (Å²) in [4.78, 5) is 10.4. The SMILES string of the molecule is Cn1cc(-c2ccc(NC=O)c(OC(F)(F)F)c2)cn1. The quantitative estimate of drug-likeness (QED) is 0.878. The Kier molecular flexibility index (Phi) is 3.64. The van der Waals surface area contributed by atoms with Crippen molar-refractivity contribution >= 4 is 12.1 Å². The third kappa shape index (κ3) is 3.28. The molecule has 0 unspecified atom stereocenters. The summed E-state index contributed by atoms with van der Waals surface area (Å²) in [6, 6.07) is 4.08. The Balaban J connectivity index is 2.42. The molecule has 1 amide bonds. The average Bonchev–Trinajstić information content (AvgIpc) is 2.76. The van der Waals surface area contributed by atoms with E-state index in [1.807, 2.05) is 0 Å². The molecule has 0 saturated carbocycles. The van der Waals surface area contributed by atoms with Crippen molar-refractivity contribution in [3.8, 4) is 16.9 Å². The van der Waals surface area contributed by atoms with Crippen LogP contribution in [0, 0.1) is 0 Å². The maximum absolute atomic E-state index is 12.3. The summed E-state index contributed by atoms with van der Waals surface area (Å²) in [5.41, 5.74) is 1.07. The van der Waals surface area contributed by atoms with Crippen LogP contribution in [-0.2, 0) is 11.8 Å². The highest BCUT2D eigenvalue weighted by Gasteiger charge is 2.32. The predicted octanol–water partition coefficient (Wildman–Crippen LogP) is 2.55. The third-order valence-electron chi connectivity index (χ3n) is 2.46. The molecule has 0 aliphatic carbocycles. The molecular weight excluding hydrogens is 275 g/mol. The van der Waals surface area contributed by atoms with Gasteiger partial charge in [0.15, 0.2) is 5.75 Å². The second-order valence-electron chi connectivity index (χ2n) is 3.92. The first kappa shape index (κ1) is 13.9. The smallest absolute Gasteiger partial charge is 0.404 e. The lowest BCUT2D eigenvalue weighted by molar-refractivity contribution is -0.274. The van der Waals surface area contributed by atoms with E-state index in [1.165, 1.54) is 23.0 Å². The third-order valence-corrected chi connectivity index (χ3v) is 2.46. The zero-order valence-corrected chi connectivity index (χ0v) is 10.3. The van der Waals surface area contributed by atoms with Gasteiger partial charge in [0.1, 0.15) is 0 Å². The maximum atomic E-state index is 12.3. The highest BCUT2D eigenvalue weighted by molar-refractivity contribution is 5.78. The van der Waals surface area contributed by atoms with Crippen molar-refractivity contribution in [2.75, 3.05) is 5.32 Å². The molecule has 0 saturated heterocycles. The van der Waals surface area contributed by atoms with Crippen molar-refractivity contribution in [1.82, 2.24) is 9.78 Å². The number of rotatable bonds is 4. The van der Waals surface area contributed by atoms with E-state index in [4.69, 9.17) is 0 Å². The molecule has 0 spiro atoms. The maximum Gasteiger partial charge on any atom is 0.573 e. The minimum absolute atomic E-state index is 0.0648. The van der Waals surface area contributed by atoms with Crippen LogP contribution in [0.2, 0.25) is 0 Å². The van der Waals surface area contributed by atoms with Crippen molar-refractivity contribution in [3.05, 3.63) is 30.6 Å². The van der Waals surface area contributed by atoms with E-state index in [0.717, 1.165) is 0 Å². The van der Waals surface area contributed by atoms with Crippen molar-refractivity contribution in [3.63, 3.8) is 0 Å². The molecule has 8 heteroatoms. The number of nitrogens with zero attached hydrogens (tertiary/aromatic N) is 2. The van der Waals surface area contributed by atoms with Gasteiger partial charge in [0, 0.05) is 18.8 Å². The number of carbonyl (C=O) groups excluding carboxylic acids is 1. The summed E-state index contributed by atoms with van der Waals surface area (Å²) < 4.78 is 42.5. The summed E-state index contributed by atoms with van der Waals surface area (Å²) in [6.07, 6.45) is -1.39. The summed E-state index contributed by atoms with van der Waals surface area (Å²) in [6.45, 7) is 0. The van der Waals surface area contributed by atoms with Crippen molar-refractivity contribution < 1.29 is 22.7 Å². The summed E-state index contributed by atoms with van der Waals surface area (Å²) >= 11 is 0. The summed E-state index contributed by atoms with van der Waals surface area (Å²) in [7, 11) is 1.69. The number of carbonyl (C=O) groups is 1. The van der Waals surface area contributed by atoms with E-state index < -0.39 is 12.1 Å². The lowest BCUT2D eigenvalue weighted by Crippen LogP contribution is -2.18. The Morgan fingerprint density at radius 3 is 2.65 bits per heavy atom. The monoisotopic (exact) mass is 285 g/mol. The normalized spacial score (nSPS) is 11.2. The number of hydrogen-bond acceptors (Lipinski definition) is 3. The number of hydrogen-bond donors (Lipinski definition) is 1. The van der Waals surface area contributed by atoms with Crippen LogP contribution in [0.3, 0.4) is 0 Å². The van der Waals surface area contributed by atoms with Crippen LogP contribution < -0.4 is 10.1 Å². The molecule has 106 valence electrons. The highest BCUT2D eigenvalue weighted by Crippen LogP contribution is 2.34. The van der Waals surface area contributed by atoms with E-state index in [2.05, 4.69) is 15.2 Å². The first-order valence-corrected chi connectivity index (χ1v) is 5.48. The van der Waals surface area contributed by atoms with Gasteiger partial charge in [-0.25, -0.2) is 0 Å². The molecule has 20 heavy (non-hydrogen) atoms. The predicted molar refractivity (Wildman–Crippen MR) is 65.0 cm³/mol. The second-order valence-corrected chi connectivity index (χ2v) is 3.92. The van der Waals surface area contributed by atoms with Gasteiger partial charge in [-0.05, 0) is 17.7 Å². The van der Waals surface area contributed by atoms with E-state index in [1.54, 1.807) is 19.3 Å². The Morgan fingerprint density at radius 1 is 1.35 bits per heavy atom. The number of aromatic nitrogens is 2. The number of aryl methyl sites for hydroxylation is 1. The van der Waals surface area contributed by atoms with Crippen molar-refractivity contribution in [1.29, 1.82) is 0 Å². The number of anilines is 1. The average molecular weight is 285 g/mol. The molecular formula is C12H10F3N3O2. The molecule has 1 aromatic heterocycles. The molecule has 0 radical (unpaired) electrons. The molecule has 1 N–H and O–H groups in total. The zero-order valence-electron chi connectivity index (χ0n) is 10.3. The Morgan fingerprint density at radius 2 is 2.10 bits per heavy atom. The van der Waals surface area contributed by atoms with Crippen LogP contribution in [0.4, 0.5) is 18.9 Å². The molecule has 0 atom stereocenters. The highest BCUT2D eigenvalue weighted by atomic mass is 19.4. The number of halogens is 3. The summed E-state index contributed by atoms with van der Waals surface area (Å²) in [5.74, 6) is -0.481. The minimum Gasteiger partial charge on any atom is -0.404 e. The zero-order chi connectivity index (χ0) is 14.8. The lowest BCUT2D eigenvalue weighted by atomic mass is 10.1. The summed E-state index contributed by atoms with van der Waals surface area (Å²) in [5, 5.41) is 6.09. The van der Waals surface area contributed by atoms with E-state index >= 15 is 0 Å². The fourth-order valence-corrected chi connectivity index (χ4v) is 1.66. The van der Waals surface area contributed by atoms with Gasteiger partial charge in [0.2, 0.25) is 6.41 Å². The lowest BCUT2D eigenvalue weighted by Gasteiger charge is -2.13. The molecule has 2 aromatic rings. The van der Waals surface area contributed by atoms with E-state index in [-0.39, 0.29) is 12.1 Å². The van der Waals surface area contributed by atoms with Crippen LogP contribution in [0.25, 0.3) is 11.1 Å². The van der Waals surface area contributed by atoms with Crippen LogP contribution in [0.15, 0.2) is 30.6 Å². The number of benzene rings is 1. The topological polar surface area (TPSA) is 56.2 Å². The van der Waals surface area contributed by atoms with Gasteiger partial charge in [0.05, 0.1) is 11.9 Å². The number of amides is 1. The Bertz CT molecular complexity index is 623. The number of nitrogens with one attached hydrogen (secondary N) is 1. The molecule has 0 fully saturated rings. The molecule has 2 rings (SSSR count). The van der Waals surface area contributed by atoms with Gasteiger partial charge in [-0.15, -0.1) is 13.2 Å². The van der Waals surface area contributed by atoms with Gasteiger partial charge in [0.25, 0.3) is 0 Å². The Labute approximate surface area is 112 Å². The van der Waals surface area contributed by atoms with Crippen LogP contribution in [0.1, 0.15) is 0 Å². The first-order chi connectivity index (χ1) is 9.39. The largest absolute Gasteiger partial charge is 0.573 e. The van der Waals surface area contributed by atoms with Gasteiger partial charge in [-0.1, -0.05) is 6.07 Å². The minimum atomic E-state index is -4.84. The molecule has 5 nitrogen and oxygen atoms in total. The van der Waals surface area contributed by atoms with E-state index in [9.17, 15) is 18.0 Å². The molecule has 1 aromatic carbocycles. The second kappa shape index (κ2) is 5.24. The van der Waals surface area contributed by atoms with Crippen LogP contribution >= 0.6 is 0 Å². The first-order valence-electron chi connectivity index (χ1n) is 5.48. The Hall–Kier alpha value is -2.51. The van der Waals surface area contributed by atoms with Gasteiger partial charge in [-0.2, -0.15) is 5.10 Å². The van der Waals surface area contributed by atoms with Gasteiger partial charge in [-0.3, -0.25) is 9.48 Å². The van der Waals surface area contributed by atoms with Crippen LogP contribution in [0.5, 0.6) is 5.75 Å². The molecule has 0 bridgehead atoms. The molecule has 1 heterocycles. The molecule has 0 aliphatic rings. The number of alkyl halides is 3.